The van der Waals surface area contributed by atoms with Crippen molar-refractivity contribution in [3.05, 3.63) is 18.2 Å². The van der Waals surface area contributed by atoms with Gasteiger partial charge in [0.25, 0.3) is 0 Å². The van der Waals surface area contributed by atoms with Crippen LogP contribution in [0.4, 0.5) is 11.4 Å². The minimum atomic E-state index is -3.56. The van der Waals surface area contributed by atoms with Gasteiger partial charge in [0.1, 0.15) is 4.90 Å². The molecule has 7 heteroatoms. The molecule has 102 valence electrons. The predicted octanol–water partition coefficient (Wildman–Crippen LogP) is 0.312. The Hall–Kier alpha value is -1.31. The molecule has 1 rings (SSSR count). The van der Waals surface area contributed by atoms with E-state index in [9.17, 15) is 13.5 Å². The van der Waals surface area contributed by atoms with Crippen LogP contribution in [0.2, 0.25) is 0 Å². The monoisotopic (exact) mass is 273 g/mol. The molecule has 0 saturated carbocycles. The number of para-hydroxylation sites is 1. The topological polar surface area (TPSA) is 95.7 Å². The van der Waals surface area contributed by atoms with Crippen molar-refractivity contribution in [2.24, 2.45) is 0 Å². The van der Waals surface area contributed by atoms with Crippen LogP contribution in [0, 0.1) is 0 Å². The average Bonchev–Trinajstić information content (AvgIpc) is 2.27. The Morgan fingerprint density at radius 3 is 2.56 bits per heavy atom. The first-order valence-corrected chi connectivity index (χ1v) is 6.93. The first-order valence-electron chi connectivity index (χ1n) is 5.49. The van der Waals surface area contributed by atoms with Crippen molar-refractivity contribution in [3.63, 3.8) is 0 Å². The fourth-order valence-electron chi connectivity index (χ4n) is 1.38. The predicted molar refractivity (Wildman–Crippen MR) is 71.9 cm³/mol. The van der Waals surface area contributed by atoms with Crippen LogP contribution in [-0.2, 0) is 10.0 Å². The van der Waals surface area contributed by atoms with Crippen LogP contribution < -0.4 is 11.1 Å². The lowest BCUT2D eigenvalue weighted by molar-refractivity contribution is 0.208. The highest BCUT2D eigenvalue weighted by Crippen LogP contribution is 2.28. The van der Waals surface area contributed by atoms with Gasteiger partial charge in [-0.1, -0.05) is 6.07 Å². The van der Waals surface area contributed by atoms with Gasteiger partial charge in [-0.2, -0.15) is 0 Å². The Bertz CT molecular complexity index is 512. The van der Waals surface area contributed by atoms with Crippen molar-refractivity contribution in [2.45, 2.75) is 17.9 Å². The largest absolute Gasteiger partial charge is 0.396 e. The summed E-state index contributed by atoms with van der Waals surface area (Å²) in [6, 6.07) is 4.74. The standard InChI is InChI=1S/C11H19N3O3S/c1-8(15)7-13-9-5-4-6-10(11(9)12)18(16,17)14(2)3/h4-6,8,13,15H,7,12H2,1-3H3. The summed E-state index contributed by atoms with van der Waals surface area (Å²) in [6.07, 6.45) is -0.543. The summed E-state index contributed by atoms with van der Waals surface area (Å²) in [5.74, 6) is 0. The summed E-state index contributed by atoms with van der Waals surface area (Å²) in [7, 11) is -0.665. The molecule has 0 aliphatic carbocycles. The van der Waals surface area contributed by atoms with Gasteiger partial charge in [-0.05, 0) is 19.1 Å². The fourth-order valence-corrected chi connectivity index (χ4v) is 2.41. The molecule has 0 aliphatic heterocycles. The van der Waals surface area contributed by atoms with Crippen molar-refractivity contribution >= 4 is 21.4 Å². The van der Waals surface area contributed by atoms with Gasteiger partial charge in [-0.3, -0.25) is 0 Å². The number of anilines is 2. The number of hydrogen-bond donors (Lipinski definition) is 3. The van der Waals surface area contributed by atoms with E-state index in [-0.39, 0.29) is 10.6 Å². The number of hydrogen-bond acceptors (Lipinski definition) is 5. The van der Waals surface area contributed by atoms with E-state index >= 15 is 0 Å². The third kappa shape index (κ3) is 3.12. The Balaban J connectivity index is 3.14. The number of rotatable bonds is 5. The minimum Gasteiger partial charge on any atom is -0.396 e. The second-order valence-corrected chi connectivity index (χ2v) is 6.35. The lowest BCUT2D eigenvalue weighted by Crippen LogP contribution is -2.24. The number of sulfonamides is 1. The highest BCUT2D eigenvalue weighted by molar-refractivity contribution is 7.89. The molecule has 0 heterocycles. The van der Waals surface area contributed by atoms with E-state index in [0.717, 1.165) is 4.31 Å². The van der Waals surface area contributed by atoms with Crippen molar-refractivity contribution in [1.29, 1.82) is 0 Å². The molecule has 0 aromatic heterocycles. The molecule has 0 spiro atoms. The quantitative estimate of drug-likeness (QED) is 0.671. The fraction of sp³-hybridized carbons (Fsp3) is 0.455. The zero-order valence-corrected chi connectivity index (χ0v) is 11.5. The number of nitrogen functional groups attached to an aromatic ring is 1. The van der Waals surface area contributed by atoms with E-state index in [2.05, 4.69) is 5.32 Å². The molecule has 0 saturated heterocycles. The van der Waals surface area contributed by atoms with Crippen LogP contribution >= 0.6 is 0 Å². The summed E-state index contributed by atoms with van der Waals surface area (Å²) >= 11 is 0. The molecule has 4 N–H and O–H groups in total. The zero-order chi connectivity index (χ0) is 13.9. The van der Waals surface area contributed by atoms with Crippen LogP contribution in [0.15, 0.2) is 23.1 Å². The van der Waals surface area contributed by atoms with Gasteiger partial charge in [-0.15, -0.1) is 0 Å². The molecule has 0 bridgehead atoms. The van der Waals surface area contributed by atoms with E-state index in [0.29, 0.717) is 12.2 Å². The van der Waals surface area contributed by atoms with Crippen LogP contribution in [-0.4, -0.2) is 44.6 Å². The normalized spacial score (nSPS) is 13.6. The van der Waals surface area contributed by atoms with E-state index in [1.807, 2.05) is 0 Å². The molecule has 6 nitrogen and oxygen atoms in total. The molecule has 0 amide bonds. The molecule has 1 unspecified atom stereocenters. The lowest BCUT2D eigenvalue weighted by atomic mass is 10.2. The number of nitrogens with zero attached hydrogens (tertiary/aromatic N) is 1. The van der Waals surface area contributed by atoms with E-state index in [1.165, 1.54) is 20.2 Å². The van der Waals surface area contributed by atoms with Crippen molar-refractivity contribution in [2.75, 3.05) is 31.7 Å². The lowest BCUT2D eigenvalue weighted by Gasteiger charge is -2.16. The molecule has 1 aromatic carbocycles. The molecule has 0 fully saturated rings. The van der Waals surface area contributed by atoms with Crippen LogP contribution in [0.1, 0.15) is 6.92 Å². The number of aliphatic hydroxyl groups is 1. The maximum absolute atomic E-state index is 12.0. The summed E-state index contributed by atoms with van der Waals surface area (Å²) in [4.78, 5) is 0.0584. The third-order valence-electron chi connectivity index (χ3n) is 2.41. The maximum atomic E-state index is 12.0. The molecule has 1 aromatic rings. The zero-order valence-electron chi connectivity index (χ0n) is 10.7. The minimum absolute atomic E-state index is 0.0584. The molecule has 0 radical (unpaired) electrons. The Labute approximate surface area is 107 Å². The van der Waals surface area contributed by atoms with Gasteiger partial charge in [-0.25, -0.2) is 12.7 Å². The van der Waals surface area contributed by atoms with Crippen LogP contribution in [0.3, 0.4) is 0 Å². The van der Waals surface area contributed by atoms with Gasteiger partial charge in [0.15, 0.2) is 0 Å². The van der Waals surface area contributed by atoms with Gasteiger partial charge < -0.3 is 16.2 Å². The van der Waals surface area contributed by atoms with E-state index < -0.39 is 16.1 Å². The summed E-state index contributed by atoms with van der Waals surface area (Å²) in [5.41, 5.74) is 6.50. The van der Waals surface area contributed by atoms with Gasteiger partial charge in [0, 0.05) is 20.6 Å². The summed E-state index contributed by atoms with van der Waals surface area (Å²) in [6.45, 7) is 1.93. The number of benzene rings is 1. The maximum Gasteiger partial charge on any atom is 0.244 e. The molecule has 0 aliphatic rings. The molecular formula is C11H19N3O3S. The second-order valence-electron chi connectivity index (χ2n) is 4.23. The first-order chi connectivity index (χ1) is 8.26. The number of nitrogens with two attached hydrogens (primary N) is 1. The van der Waals surface area contributed by atoms with Gasteiger partial charge in [0.05, 0.1) is 17.5 Å². The number of nitrogens with one attached hydrogen (secondary N) is 1. The van der Waals surface area contributed by atoms with Crippen LogP contribution in [0.25, 0.3) is 0 Å². The summed E-state index contributed by atoms with van der Waals surface area (Å²) < 4.78 is 25.1. The smallest absolute Gasteiger partial charge is 0.244 e. The van der Waals surface area contributed by atoms with Crippen molar-refractivity contribution < 1.29 is 13.5 Å². The highest BCUT2D eigenvalue weighted by Gasteiger charge is 2.21. The van der Waals surface area contributed by atoms with E-state index in [1.54, 1.807) is 19.1 Å². The second kappa shape index (κ2) is 5.55. The Morgan fingerprint density at radius 1 is 1.44 bits per heavy atom. The molecular weight excluding hydrogens is 254 g/mol. The van der Waals surface area contributed by atoms with E-state index in [4.69, 9.17) is 5.73 Å². The summed E-state index contributed by atoms with van der Waals surface area (Å²) in [5, 5.41) is 12.1. The number of aliphatic hydroxyl groups excluding tert-OH is 1. The first kappa shape index (κ1) is 14.7. The van der Waals surface area contributed by atoms with Gasteiger partial charge in [0.2, 0.25) is 10.0 Å². The van der Waals surface area contributed by atoms with Crippen LogP contribution in [0.5, 0.6) is 0 Å². The Kier molecular flexibility index (Phi) is 4.55. The van der Waals surface area contributed by atoms with Crippen molar-refractivity contribution in [1.82, 2.24) is 4.31 Å². The molecule has 1 atom stereocenters. The average molecular weight is 273 g/mol. The van der Waals surface area contributed by atoms with Crippen molar-refractivity contribution in [3.8, 4) is 0 Å². The third-order valence-corrected chi connectivity index (χ3v) is 4.29. The highest BCUT2D eigenvalue weighted by atomic mass is 32.2. The Morgan fingerprint density at radius 2 is 2.06 bits per heavy atom. The van der Waals surface area contributed by atoms with Gasteiger partial charge >= 0.3 is 0 Å². The SMILES string of the molecule is CC(O)CNc1cccc(S(=O)(=O)N(C)C)c1N. The molecule has 18 heavy (non-hydrogen) atoms.